The van der Waals surface area contributed by atoms with Crippen molar-refractivity contribution in [2.45, 2.75) is 26.2 Å². The smallest absolute Gasteiger partial charge is 0.119 e. The molecule has 0 aromatic heterocycles. The largest absolute Gasteiger partial charge is 0.494 e. The molecule has 0 heterocycles. The third-order valence-electron chi connectivity index (χ3n) is 2.51. The highest BCUT2D eigenvalue weighted by molar-refractivity contribution is 5.28. The Labute approximate surface area is 104 Å². The van der Waals surface area contributed by atoms with Crippen molar-refractivity contribution in [2.24, 2.45) is 5.73 Å². The molecule has 0 spiro atoms. The lowest BCUT2D eigenvalue weighted by Crippen LogP contribution is -2.10. The van der Waals surface area contributed by atoms with Crippen molar-refractivity contribution >= 4 is 0 Å². The Bertz CT molecular complexity index is 296. The van der Waals surface area contributed by atoms with Gasteiger partial charge < -0.3 is 15.2 Å². The third-order valence-corrected chi connectivity index (χ3v) is 2.51. The number of hydrogen-bond acceptors (Lipinski definition) is 3. The van der Waals surface area contributed by atoms with Crippen LogP contribution in [0.3, 0.4) is 0 Å². The van der Waals surface area contributed by atoms with Gasteiger partial charge >= 0.3 is 0 Å². The van der Waals surface area contributed by atoms with E-state index in [2.05, 4.69) is 26.0 Å². The van der Waals surface area contributed by atoms with Crippen molar-refractivity contribution in [3.05, 3.63) is 29.8 Å². The minimum Gasteiger partial charge on any atom is -0.494 e. The lowest BCUT2D eigenvalue weighted by molar-refractivity contribution is 0.126. The average Bonchev–Trinajstić information content (AvgIpc) is 2.34. The summed E-state index contributed by atoms with van der Waals surface area (Å²) in [6, 6.07) is 8.28. The van der Waals surface area contributed by atoms with Gasteiger partial charge in [0, 0.05) is 19.6 Å². The van der Waals surface area contributed by atoms with E-state index < -0.39 is 0 Å². The van der Waals surface area contributed by atoms with Crippen LogP contribution in [0.1, 0.15) is 31.7 Å². The fraction of sp³-hybridized carbons (Fsp3) is 0.571. The fourth-order valence-corrected chi connectivity index (χ4v) is 1.49. The second-order valence-electron chi connectivity index (χ2n) is 4.33. The van der Waals surface area contributed by atoms with Crippen LogP contribution in [0.5, 0.6) is 5.75 Å². The van der Waals surface area contributed by atoms with Gasteiger partial charge in [0.25, 0.3) is 0 Å². The Kier molecular flexibility index (Phi) is 6.67. The first-order valence-corrected chi connectivity index (χ1v) is 6.24. The van der Waals surface area contributed by atoms with Crippen LogP contribution >= 0.6 is 0 Å². The zero-order chi connectivity index (χ0) is 12.5. The molecular formula is C14H23NO2. The van der Waals surface area contributed by atoms with Crippen molar-refractivity contribution in [2.75, 3.05) is 26.4 Å². The summed E-state index contributed by atoms with van der Waals surface area (Å²) < 4.78 is 10.9. The standard InChI is InChI=1S/C14H23NO2/c1-12(2)13-4-6-14(7-5-13)17-10-3-9-16-11-8-15/h4-7,12H,3,8-11,15H2,1-2H3. The summed E-state index contributed by atoms with van der Waals surface area (Å²) in [5, 5.41) is 0. The van der Waals surface area contributed by atoms with Crippen LogP contribution in [-0.4, -0.2) is 26.4 Å². The second kappa shape index (κ2) is 8.09. The summed E-state index contributed by atoms with van der Waals surface area (Å²) in [6.45, 7) is 6.97. The quantitative estimate of drug-likeness (QED) is 0.707. The van der Waals surface area contributed by atoms with E-state index in [0.717, 1.165) is 12.2 Å². The van der Waals surface area contributed by atoms with Crippen LogP contribution in [0.4, 0.5) is 0 Å². The topological polar surface area (TPSA) is 44.5 Å². The molecule has 0 bridgehead atoms. The summed E-state index contributed by atoms with van der Waals surface area (Å²) in [6.07, 6.45) is 0.895. The second-order valence-corrected chi connectivity index (χ2v) is 4.33. The molecule has 96 valence electrons. The average molecular weight is 237 g/mol. The SMILES string of the molecule is CC(C)c1ccc(OCCCOCCN)cc1. The lowest BCUT2D eigenvalue weighted by Gasteiger charge is -2.09. The van der Waals surface area contributed by atoms with Crippen LogP contribution < -0.4 is 10.5 Å². The van der Waals surface area contributed by atoms with Gasteiger partial charge in [-0.2, -0.15) is 0 Å². The molecular weight excluding hydrogens is 214 g/mol. The van der Waals surface area contributed by atoms with E-state index in [1.54, 1.807) is 0 Å². The number of nitrogens with two attached hydrogens (primary N) is 1. The summed E-state index contributed by atoms with van der Waals surface area (Å²) in [5.74, 6) is 1.49. The molecule has 0 aliphatic heterocycles. The molecule has 0 saturated carbocycles. The van der Waals surface area contributed by atoms with Crippen LogP contribution in [0.2, 0.25) is 0 Å². The molecule has 0 aliphatic rings. The predicted octanol–water partition coefficient (Wildman–Crippen LogP) is 2.55. The minimum absolute atomic E-state index is 0.564. The molecule has 3 heteroatoms. The van der Waals surface area contributed by atoms with E-state index >= 15 is 0 Å². The van der Waals surface area contributed by atoms with Gasteiger partial charge in [-0.15, -0.1) is 0 Å². The monoisotopic (exact) mass is 237 g/mol. The number of ether oxygens (including phenoxy) is 2. The van der Waals surface area contributed by atoms with Crippen molar-refractivity contribution in [3.8, 4) is 5.75 Å². The van der Waals surface area contributed by atoms with Gasteiger partial charge in [-0.3, -0.25) is 0 Å². The molecule has 0 fully saturated rings. The first-order valence-electron chi connectivity index (χ1n) is 6.24. The van der Waals surface area contributed by atoms with Crippen molar-refractivity contribution in [1.29, 1.82) is 0 Å². The van der Waals surface area contributed by atoms with Gasteiger partial charge in [0.15, 0.2) is 0 Å². The highest BCUT2D eigenvalue weighted by atomic mass is 16.5. The summed E-state index contributed by atoms with van der Waals surface area (Å²) >= 11 is 0. The van der Waals surface area contributed by atoms with Gasteiger partial charge in [-0.05, 0) is 23.6 Å². The first kappa shape index (κ1) is 14.0. The normalized spacial score (nSPS) is 10.8. The number of hydrogen-bond donors (Lipinski definition) is 1. The van der Waals surface area contributed by atoms with E-state index in [9.17, 15) is 0 Å². The highest BCUT2D eigenvalue weighted by Gasteiger charge is 1.99. The Balaban J connectivity index is 2.19. The molecule has 2 N–H and O–H groups in total. The summed E-state index contributed by atoms with van der Waals surface area (Å²) in [4.78, 5) is 0. The van der Waals surface area contributed by atoms with Gasteiger partial charge in [0.2, 0.25) is 0 Å². The van der Waals surface area contributed by atoms with Gasteiger partial charge in [-0.25, -0.2) is 0 Å². The van der Waals surface area contributed by atoms with Gasteiger partial charge in [0.05, 0.1) is 13.2 Å². The lowest BCUT2D eigenvalue weighted by atomic mass is 10.0. The Morgan fingerprint density at radius 1 is 1.06 bits per heavy atom. The fourth-order valence-electron chi connectivity index (χ4n) is 1.49. The molecule has 3 nitrogen and oxygen atoms in total. The van der Waals surface area contributed by atoms with Crippen LogP contribution in [0, 0.1) is 0 Å². The van der Waals surface area contributed by atoms with E-state index in [1.165, 1.54) is 5.56 Å². The molecule has 0 atom stereocenters. The molecule has 0 unspecified atom stereocenters. The maximum atomic E-state index is 5.61. The van der Waals surface area contributed by atoms with Gasteiger partial charge in [0.1, 0.15) is 5.75 Å². The maximum Gasteiger partial charge on any atom is 0.119 e. The van der Waals surface area contributed by atoms with E-state index in [1.807, 2.05) is 12.1 Å². The predicted molar refractivity (Wildman–Crippen MR) is 70.5 cm³/mol. The van der Waals surface area contributed by atoms with E-state index in [0.29, 0.717) is 32.3 Å². The molecule has 0 saturated heterocycles. The van der Waals surface area contributed by atoms with E-state index in [-0.39, 0.29) is 0 Å². The zero-order valence-corrected chi connectivity index (χ0v) is 10.8. The number of benzene rings is 1. The molecule has 0 amide bonds. The van der Waals surface area contributed by atoms with Crippen LogP contribution in [0.15, 0.2) is 24.3 Å². The minimum atomic E-state index is 0.564. The molecule has 0 aliphatic carbocycles. The van der Waals surface area contributed by atoms with Crippen LogP contribution in [-0.2, 0) is 4.74 Å². The highest BCUT2D eigenvalue weighted by Crippen LogP contribution is 2.18. The molecule has 0 radical (unpaired) electrons. The van der Waals surface area contributed by atoms with Gasteiger partial charge in [-0.1, -0.05) is 26.0 Å². The molecule has 1 aromatic rings. The Morgan fingerprint density at radius 3 is 2.35 bits per heavy atom. The van der Waals surface area contributed by atoms with Crippen molar-refractivity contribution < 1.29 is 9.47 Å². The van der Waals surface area contributed by atoms with Crippen molar-refractivity contribution in [3.63, 3.8) is 0 Å². The van der Waals surface area contributed by atoms with Crippen LogP contribution in [0.25, 0.3) is 0 Å². The van der Waals surface area contributed by atoms with Crippen molar-refractivity contribution in [1.82, 2.24) is 0 Å². The molecule has 17 heavy (non-hydrogen) atoms. The third kappa shape index (κ3) is 5.71. The summed E-state index contributed by atoms with van der Waals surface area (Å²) in [5.41, 5.74) is 6.65. The Hall–Kier alpha value is -1.06. The first-order chi connectivity index (χ1) is 8.24. The maximum absolute atomic E-state index is 5.61. The number of rotatable bonds is 8. The molecule has 1 rings (SSSR count). The van der Waals surface area contributed by atoms with E-state index in [4.69, 9.17) is 15.2 Å². The molecule has 1 aromatic carbocycles. The summed E-state index contributed by atoms with van der Waals surface area (Å²) in [7, 11) is 0. The Morgan fingerprint density at radius 2 is 1.76 bits per heavy atom. The zero-order valence-electron chi connectivity index (χ0n) is 10.8.